The van der Waals surface area contributed by atoms with Crippen LogP contribution in [0.25, 0.3) is 0 Å². The molecule has 0 aromatic rings. The number of carbonyl (C=O) groups is 1. The van der Waals surface area contributed by atoms with Crippen molar-refractivity contribution in [2.24, 2.45) is 4.99 Å². The Kier molecular flexibility index (Phi) is 4.95. The third-order valence-corrected chi connectivity index (χ3v) is 5.25. The molecule has 0 aromatic heterocycles. The molecule has 5 nitrogen and oxygen atoms in total. The molecule has 24 heavy (non-hydrogen) atoms. The number of amides is 1. The number of fused-ring (bicyclic) bond motifs is 1. The van der Waals surface area contributed by atoms with Crippen LogP contribution in [0.15, 0.2) is 29.0 Å². The van der Waals surface area contributed by atoms with Crippen molar-refractivity contribution >= 4 is 22.9 Å². The number of allylic oxidation sites excluding steroid dienone is 1. The number of hydrogen-bond acceptors (Lipinski definition) is 5. The summed E-state index contributed by atoms with van der Waals surface area (Å²) in [6.07, 6.45) is 7.94. The lowest BCUT2D eigenvalue weighted by Crippen LogP contribution is -2.45. The number of piperidine rings is 1. The molecular formula is C18H26N2O3S. The fraction of sp³-hybridized carbons (Fsp3) is 0.667. The zero-order valence-electron chi connectivity index (χ0n) is 14.8. The molecule has 132 valence electrons. The first kappa shape index (κ1) is 17.4. The van der Waals surface area contributed by atoms with Gasteiger partial charge in [-0.2, -0.15) is 0 Å². The fourth-order valence-corrected chi connectivity index (χ4v) is 4.09. The molecule has 1 saturated heterocycles. The van der Waals surface area contributed by atoms with Gasteiger partial charge in [0.2, 0.25) is 0 Å². The van der Waals surface area contributed by atoms with Gasteiger partial charge in [0.1, 0.15) is 17.5 Å². The van der Waals surface area contributed by atoms with E-state index in [2.05, 4.69) is 17.1 Å². The Balaban J connectivity index is 1.57. The van der Waals surface area contributed by atoms with E-state index in [-0.39, 0.29) is 18.2 Å². The number of rotatable bonds is 2. The quantitative estimate of drug-likeness (QED) is 0.761. The molecule has 0 saturated carbocycles. The van der Waals surface area contributed by atoms with Crippen molar-refractivity contribution in [3.05, 3.63) is 24.0 Å². The second kappa shape index (κ2) is 6.82. The molecule has 3 aliphatic rings. The first-order valence-electron chi connectivity index (χ1n) is 8.56. The maximum absolute atomic E-state index is 12.2. The highest BCUT2D eigenvalue weighted by Gasteiger charge is 2.31. The molecule has 1 fully saturated rings. The predicted molar refractivity (Wildman–Crippen MR) is 97.4 cm³/mol. The molecule has 0 aromatic carbocycles. The highest BCUT2D eigenvalue weighted by molar-refractivity contribution is 8.14. The molecule has 3 atom stereocenters. The highest BCUT2D eigenvalue weighted by Crippen LogP contribution is 2.33. The van der Waals surface area contributed by atoms with Crippen LogP contribution in [-0.2, 0) is 9.47 Å². The van der Waals surface area contributed by atoms with Crippen LogP contribution < -0.4 is 0 Å². The summed E-state index contributed by atoms with van der Waals surface area (Å²) in [5.41, 5.74) is -0.468. The molecule has 6 heteroatoms. The average molecular weight is 350 g/mol. The van der Waals surface area contributed by atoms with Gasteiger partial charge in [-0.05, 0) is 52.7 Å². The van der Waals surface area contributed by atoms with E-state index in [0.717, 1.165) is 30.2 Å². The van der Waals surface area contributed by atoms with Gasteiger partial charge in [0.15, 0.2) is 0 Å². The van der Waals surface area contributed by atoms with Crippen LogP contribution in [-0.4, -0.2) is 52.1 Å². The maximum atomic E-state index is 12.2. The number of likely N-dealkylation sites (tertiary alicyclic amines) is 1. The Morgan fingerprint density at radius 1 is 1.42 bits per heavy atom. The molecule has 0 unspecified atom stereocenters. The van der Waals surface area contributed by atoms with E-state index < -0.39 is 5.60 Å². The minimum atomic E-state index is -0.468. The van der Waals surface area contributed by atoms with Gasteiger partial charge in [-0.3, -0.25) is 4.99 Å². The minimum absolute atomic E-state index is 0.0119. The molecular weight excluding hydrogens is 324 g/mol. The van der Waals surface area contributed by atoms with E-state index in [0.29, 0.717) is 11.8 Å². The van der Waals surface area contributed by atoms with Crippen LogP contribution in [0.4, 0.5) is 4.79 Å². The molecule has 2 aliphatic heterocycles. The largest absolute Gasteiger partial charge is 0.489 e. The zero-order chi connectivity index (χ0) is 17.3. The Labute approximate surface area is 148 Å². The Morgan fingerprint density at radius 2 is 2.21 bits per heavy atom. The summed E-state index contributed by atoms with van der Waals surface area (Å²) < 4.78 is 11.6. The lowest BCUT2D eigenvalue weighted by molar-refractivity contribution is -0.00197. The van der Waals surface area contributed by atoms with Crippen LogP contribution >= 0.6 is 11.8 Å². The number of carbonyl (C=O) groups excluding carboxylic acids is 1. The number of ether oxygens (including phenoxy) is 2. The summed E-state index contributed by atoms with van der Waals surface area (Å²) in [5.74, 6) is 0.867. The molecule has 1 amide bonds. The molecule has 1 aliphatic carbocycles. The van der Waals surface area contributed by atoms with Crippen LogP contribution in [0.2, 0.25) is 0 Å². The lowest BCUT2D eigenvalue weighted by Gasteiger charge is -2.34. The SMILES string of the molecule is CC1=N[C@@H]2C=C(O[C@H]3CCCN(C(=O)OC(C)(C)C)C3)C=C[C@@H]2S1. The first-order valence-corrected chi connectivity index (χ1v) is 9.44. The van der Waals surface area contributed by atoms with Crippen molar-refractivity contribution in [3.8, 4) is 0 Å². The van der Waals surface area contributed by atoms with Crippen molar-refractivity contribution in [1.29, 1.82) is 0 Å². The molecule has 2 heterocycles. The summed E-state index contributed by atoms with van der Waals surface area (Å²) in [5, 5.41) is 1.53. The van der Waals surface area contributed by atoms with E-state index in [4.69, 9.17) is 9.47 Å². The van der Waals surface area contributed by atoms with Crippen molar-refractivity contribution in [2.45, 2.75) is 63.5 Å². The van der Waals surface area contributed by atoms with Crippen molar-refractivity contribution in [1.82, 2.24) is 4.90 Å². The van der Waals surface area contributed by atoms with Crippen LogP contribution in [0.5, 0.6) is 0 Å². The Hall–Kier alpha value is -1.43. The number of thioether (sulfide) groups is 1. The standard InChI is InChI=1S/C18H26N2O3S/c1-12-19-15-10-13(7-8-16(15)24-12)22-14-6-5-9-20(11-14)17(21)23-18(2,3)4/h7-8,10,14-16H,5-6,9,11H2,1-4H3/t14-,15+,16-/m0/s1. The van der Waals surface area contributed by atoms with Gasteiger partial charge in [-0.25, -0.2) is 4.79 Å². The van der Waals surface area contributed by atoms with Gasteiger partial charge < -0.3 is 14.4 Å². The van der Waals surface area contributed by atoms with Crippen molar-refractivity contribution in [2.75, 3.05) is 13.1 Å². The summed E-state index contributed by atoms with van der Waals surface area (Å²) in [4.78, 5) is 18.6. The summed E-state index contributed by atoms with van der Waals surface area (Å²) in [7, 11) is 0. The van der Waals surface area contributed by atoms with Gasteiger partial charge in [-0.1, -0.05) is 6.08 Å². The number of hydrogen-bond donors (Lipinski definition) is 0. The van der Waals surface area contributed by atoms with E-state index in [1.54, 1.807) is 16.7 Å². The van der Waals surface area contributed by atoms with Crippen LogP contribution in [0, 0.1) is 0 Å². The predicted octanol–water partition coefficient (Wildman–Crippen LogP) is 3.76. The van der Waals surface area contributed by atoms with Gasteiger partial charge >= 0.3 is 6.09 Å². The summed E-state index contributed by atoms with van der Waals surface area (Å²) in [6, 6.07) is 0.181. The zero-order valence-corrected chi connectivity index (χ0v) is 15.6. The van der Waals surface area contributed by atoms with Crippen molar-refractivity contribution in [3.63, 3.8) is 0 Å². The fourth-order valence-electron chi connectivity index (χ4n) is 3.08. The average Bonchev–Trinajstić information content (AvgIpc) is 2.85. The second-order valence-corrected chi connectivity index (χ2v) is 8.83. The normalized spacial score (nSPS) is 29.7. The highest BCUT2D eigenvalue weighted by atomic mass is 32.2. The molecule has 0 spiro atoms. The summed E-state index contributed by atoms with van der Waals surface area (Å²) in [6.45, 7) is 9.02. The maximum Gasteiger partial charge on any atom is 0.410 e. The van der Waals surface area contributed by atoms with Crippen LogP contribution in [0.3, 0.4) is 0 Å². The number of nitrogens with zero attached hydrogens (tertiary/aromatic N) is 2. The van der Waals surface area contributed by atoms with Gasteiger partial charge in [-0.15, -0.1) is 11.8 Å². The third-order valence-electron chi connectivity index (χ3n) is 4.09. The van der Waals surface area contributed by atoms with E-state index in [1.807, 2.05) is 33.8 Å². The minimum Gasteiger partial charge on any atom is -0.489 e. The second-order valence-electron chi connectivity index (χ2n) is 7.46. The smallest absolute Gasteiger partial charge is 0.410 e. The van der Waals surface area contributed by atoms with E-state index >= 15 is 0 Å². The molecule has 0 N–H and O–H groups in total. The van der Waals surface area contributed by atoms with E-state index in [1.165, 1.54) is 0 Å². The molecule has 3 rings (SSSR count). The van der Waals surface area contributed by atoms with Gasteiger partial charge in [0.05, 0.1) is 22.9 Å². The third kappa shape index (κ3) is 4.35. The van der Waals surface area contributed by atoms with E-state index in [9.17, 15) is 4.79 Å². The van der Waals surface area contributed by atoms with Gasteiger partial charge in [0.25, 0.3) is 0 Å². The van der Waals surface area contributed by atoms with Gasteiger partial charge in [0, 0.05) is 6.54 Å². The molecule has 0 radical (unpaired) electrons. The molecule has 0 bridgehead atoms. The monoisotopic (exact) mass is 350 g/mol. The Bertz CT molecular complexity index is 592. The van der Waals surface area contributed by atoms with Crippen LogP contribution in [0.1, 0.15) is 40.5 Å². The number of aliphatic imine (C=N–C) groups is 1. The lowest BCUT2D eigenvalue weighted by atomic mass is 10.1. The topological polar surface area (TPSA) is 51.1 Å². The Morgan fingerprint density at radius 3 is 2.96 bits per heavy atom. The summed E-state index contributed by atoms with van der Waals surface area (Å²) >= 11 is 1.80. The first-order chi connectivity index (χ1) is 11.3. The van der Waals surface area contributed by atoms with Crippen molar-refractivity contribution < 1.29 is 14.3 Å².